The number of rotatable bonds is 2. The lowest BCUT2D eigenvalue weighted by atomic mass is 10.1. The van der Waals surface area contributed by atoms with Crippen LogP contribution in [0.3, 0.4) is 0 Å². The molecule has 0 bridgehead atoms. The molecule has 0 aromatic carbocycles. The Morgan fingerprint density at radius 1 is 1.75 bits per heavy atom. The average molecular weight is 230 g/mol. The van der Waals surface area contributed by atoms with Crippen LogP contribution in [0.2, 0.25) is 0 Å². The van der Waals surface area contributed by atoms with Gasteiger partial charge in [0.2, 0.25) is 5.95 Å². The number of anilines is 1. The molecular weight excluding hydrogens is 222 g/mol. The zero-order valence-electron chi connectivity index (χ0n) is 6.49. The number of halogens is 1. The fraction of sp³-hybridized carbons (Fsp3) is 0.286. The Hall–Kier alpha value is -0.970. The van der Waals surface area contributed by atoms with Crippen molar-refractivity contribution < 1.29 is 4.79 Å². The van der Waals surface area contributed by atoms with Crippen LogP contribution in [0.25, 0.3) is 0 Å². The highest BCUT2D eigenvalue weighted by Gasteiger charge is 2.23. The molecule has 2 N–H and O–H groups in total. The fourth-order valence-corrected chi connectivity index (χ4v) is 0.927. The van der Waals surface area contributed by atoms with Gasteiger partial charge in [0.15, 0.2) is 0 Å². The standard InChI is InChI=1S/C7H8BrN3O/c1-7(8,4-12)5-2-3-10-6(9)11-5/h2-4H,1H3,(H2,9,10,11). The quantitative estimate of drug-likeness (QED) is 0.604. The van der Waals surface area contributed by atoms with Gasteiger partial charge in [-0.3, -0.25) is 0 Å². The highest BCUT2D eigenvalue weighted by molar-refractivity contribution is 9.10. The zero-order chi connectivity index (χ0) is 9.19. The molecule has 0 saturated carbocycles. The third kappa shape index (κ3) is 1.79. The van der Waals surface area contributed by atoms with Gasteiger partial charge in [0.1, 0.15) is 10.6 Å². The van der Waals surface area contributed by atoms with Gasteiger partial charge in [-0.05, 0) is 13.0 Å². The van der Waals surface area contributed by atoms with Crippen LogP contribution in [0.4, 0.5) is 5.95 Å². The van der Waals surface area contributed by atoms with Crippen LogP contribution < -0.4 is 5.73 Å². The first-order valence-corrected chi connectivity index (χ1v) is 4.10. The molecule has 0 aliphatic carbocycles. The maximum atomic E-state index is 10.6. The predicted octanol–water partition coefficient (Wildman–Crippen LogP) is 0.868. The highest BCUT2D eigenvalue weighted by atomic mass is 79.9. The maximum absolute atomic E-state index is 10.6. The fourth-order valence-electron chi connectivity index (χ4n) is 0.706. The number of carbonyl (C=O) groups is 1. The van der Waals surface area contributed by atoms with Gasteiger partial charge in [0, 0.05) is 6.20 Å². The van der Waals surface area contributed by atoms with Gasteiger partial charge in [-0.15, -0.1) is 0 Å². The van der Waals surface area contributed by atoms with Crippen molar-refractivity contribution in [1.82, 2.24) is 9.97 Å². The van der Waals surface area contributed by atoms with E-state index in [-0.39, 0.29) is 5.95 Å². The molecule has 1 rings (SSSR count). The van der Waals surface area contributed by atoms with Crippen molar-refractivity contribution in [2.24, 2.45) is 0 Å². The van der Waals surface area contributed by atoms with E-state index >= 15 is 0 Å². The Balaban J connectivity index is 3.11. The lowest BCUT2D eigenvalue weighted by molar-refractivity contribution is -0.109. The van der Waals surface area contributed by atoms with Crippen molar-refractivity contribution >= 4 is 28.2 Å². The Morgan fingerprint density at radius 3 is 2.92 bits per heavy atom. The lowest BCUT2D eigenvalue weighted by Gasteiger charge is -2.12. The minimum absolute atomic E-state index is 0.167. The van der Waals surface area contributed by atoms with Gasteiger partial charge in [-0.25, -0.2) is 9.97 Å². The first kappa shape index (κ1) is 9.12. The molecule has 5 heteroatoms. The molecule has 0 amide bonds. The number of nitrogen functional groups attached to an aromatic ring is 1. The molecule has 1 unspecified atom stereocenters. The van der Waals surface area contributed by atoms with Crippen molar-refractivity contribution in [3.8, 4) is 0 Å². The topological polar surface area (TPSA) is 68.9 Å². The van der Waals surface area contributed by atoms with E-state index in [1.54, 1.807) is 13.0 Å². The first-order chi connectivity index (χ1) is 5.56. The zero-order valence-corrected chi connectivity index (χ0v) is 8.08. The smallest absolute Gasteiger partial charge is 0.220 e. The molecule has 0 aliphatic heterocycles. The van der Waals surface area contributed by atoms with Crippen LogP contribution in [0.5, 0.6) is 0 Å². The molecule has 1 aromatic rings. The largest absolute Gasteiger partial charge is 0.368 e. The normalized spacial score (nSPS) is 15.2. The Bertz CT molecular complexity index is 300. The summed E-state index contributed by atoms with van der Waals surface area (Å²) in [5.74, 6) is 0.167. The molecule has 0 aliphatic rings. The third-order valence-corrected chi connectivity index (χ3v) is 1.99. The number of nitrogens with two attached hydrogens (primary N) is 1. The van der Waals surface area contributed by atoms with E-state index in [4.69, 9.17) is 5.73 Å². The number of carbonyl (C=O) groups excluding carboxylic acids is 1. The first-order valence-electron chi connectivity index (χ1n) is 3.30. The minimum atomic E-state index is -0.774. The number of hydrogen-bond donors (Lipinski definition) is 1. The number of alkyl halides is 1. The van der Waals surface area contributed by atoms with Gasteiger partial charge in [0.05, 0.1) is 5.69 Å². The summed E-state index contributed by atoms with van der Waals surface area (Å²) in [5.41, 5.74) is 5.91. The maximum Gasteiger partial charge on any atom is 0.220 e. The molecule has 0 radical (unpaired) electrons. The summed E-state index contributed by atoms with van der Waals surface area (Å²) in [7, 11) is 0. The molecule has 12 heavy (non-hydrogen) atoms. The van der Waals surface area contributed by atoms with Crippen molar-refractivity contribution in [3.05, 3.63) is 18.0 Å². The Kier molecular flexibility index (Phi) is 2.42. The molecule has 1 heterocycles. The van der Waals surface area contributed by atoms with E-state index in [2.05, 4.69) is 25.9 Å². The summed E-state index contributed by atoms with van der Waals surface area (Å²) in [4.78, 5) is 18.2. The molecule has 4 nitrogen and oxygen atoms in total. The van der Waals surface area contributed by atoms with Crippen LogP contribution >= 0.6 is 15.9 Å². The molecule has 0 spiro atoms. The summed E-state index contributed by atoms with van der Waals surface area (Å²) >= 11 is 3.21. The Labute approximate surface area is 78.3 Å². The van der Waals surface area contributed by atoms with Crippen LogP contribution in [0, 0.1) is 0 Å². The number of aldehydes is 1. The highest BCUT2D eigenvalue weighted by Crippen LogP contribution is 2.26. The van der Waals surface area contributed by atoms with Crippen molar-refractivity contribution in [2.45, 2.75) is 11.2 Å². The van der Waals surface area contributed by atoms with Crippen LogP contribution in [-0.4, -0.2) is 16.3 Å². The second-order valence-electron chi connectivity index (χ2n) is 2.49. The molecular formula is C7H8BrN3O. The molecule has 0 saturated heterocycles. The number of nitrogens with zero attached hydrogens (tertiary/aromatic N) is 2. The third-order valence-electron chi connectivity index (χ3n) is 1.40. The van der Waals surface area contributed by atoms with Gasteiger partial charge < -0.3 is 10.5 Å². The summed E-state index contributed by atoms with van der Waals surface area (Å²) in [5, 5.41) is 0. The predicted molar refractivity (Wildman–Crippen MR) is 48.8 cm³/mol. The molecule has 1 aromatic heterocycles. The van der Waals surface area contributed by atoms with Crippen molar-refractivity contribution in [1.29, 1.82) is 0 Å². The van der Waals surface area contributed by atoms with E-state index in [9.17, 15) is 4.79 Å². The minimum Gasteiger partial charge on any atom is -0.368 e. The van der Waals surface area contributed by atoms with E-state index in [0.29, 0.717) is 5.69 Å². The van der Waals surface area contributed by atoms with Crippen LogP contribution in [0.1, 0.15) is 12.6 Å². The van der Waals surface area contributed by atoms with Crippen LogP contribution in [-0.2, 0) is 9.12 Å². The second kappa shape index (κ2) is 3.18. The summed E-state index contributed by atoms with van der Waals surface area (Å²) in [6.07, 6.45) is 2.27. The molecule has 64 valence electrons. The average Bonchev–Trinajstić information content (AvgIpc) is 2.05. The molecule has 1 atom stereocenters. The van der Waals surface area contributed by atoms with Gasteiger partial charge >= 0.3 is 0 Å². The number of aromatic nitrogens is 2. The van der Waals surface area contributed by atoms with Crippen LogP contribution in [0.15, 0.2) is 12.3 Å². The number of hydrogen-bond acceptors (Lipinski definition) is 4. The van der Waals surface area contributed by atoms with E-state index in [0.717, 1.165) is 6.29 Å². The lowest BCUT2D eigenvalue weighted by Crippen LogP contribution is -2.17. The van der Waals surface area contributed by atoms with Gasteiger partial charge in [-0.1, -0.05) is 15.9 Å². The van der Waals surface area contributed by atoms with E-state index < -0.39 is 4.32 Å². The second-order valence-corrected chi connectivity index (χ2v) is 4.14. The summed E-state index contributed by atoms with van der Waals surface area (Å²) in [6, 6.07) is 1.64. The van der Waals surface area contributed by atoms with Crippen molar-refractivity contribution in [2.75, 3.05) is 5.73 Å². The summed E-state index contributed by atoms with van der Waals surface area (Å²) in [6.45, 7) is 1.70. The van der Waals surface area contributed by atoms with Crippen molar-refractivity contribution in [3.63, 3.8) is 0 Å². The van der Waals surface area contributed by atoms with E-state index in [1.165, 1.54) is 6.20 Å². The van der Waals surface area contributed by atoms with Gasteiger partial charge in [0.25, 0.3) is 0 Å². The summed E-state index contributed by atoms with van der Waals surface area (Å²) < 4.78 is -0.774. The monoisotopic (exact) mass is 229 g/mol. The molecule has 0 fully saturated rings. The SMILES string of the molecule is CC(Br)(C=O)c1ccnc(N)n1. The van der Waals surface area contributed by atoms with E-state index in [1.807, 2.05) is 0 Å². The Morgan fingerprint density at radius 2 is 2.42 bits per heavy atom. The van der Waals surface area contributed by atoms with Gasteiger partial charge in [-0.2, -0.15) is 0 Å².